The smallest absolute Gasteiger partial charge is 0.126 e. The molecule has 1 atom stereocenters. The van der Waals surface area contributed by atoms with Crippen LogP contribution in [0.15, 0.2) is 0 Å². The summed E-state index contributed by atoms with van der Waals surface area (Å²) in [5, 5.41) is 0. The molecule has 0 aliphatic carbocycles. The number of carbonyl (C=O) groups is 1. The molecule has 13 heavy (non-hydrogen) atoms. The molecule has 3 heteroatoms. The van der Waals surface area contributed by atoms with Crippen molar-refractivity contribution >= 4 is 6.29 Å². The SMILES string of the molecule is COCC(C)C1(C=O)CCOCC1. The molecule has 0 radical (unpaired) electrons. The number of rotatable bonds is 4. The summed E-state index contributed by atoms with van der Waals surface area (Å²) in [4.78, 5) is 11.1. The van der Waals surface area contributed by atoms with E-state index in [2.05, 4.69) is 6.92 Å². The molecule has 1 aliphatic heterocycles. The van der Waals surface area contributed by atoms with Gasteiger partial charge in [-0.3, -0.25) is 0 Å². The van der Waals surface area contributed by atoms with E-state index < -0.39 is 0 Å². The molecule has 0 saturated carbocycles. The normalized spacial score (nSPS) is 23.8. The number of methoxy groups -OCH3 is 1. The fourth-order valence-corrected chi connectivity index (χ4v) is 1.89. The lowest BCUT2D eigenvalue weighted by Crippen LogP contribution is -2.38. The van der Waals surface area contributed by atoms with Crippen molar-refractivity contribution in [2.24, 2.45) is 11.3 Å². The van der Waals surface area contributed by atoms with E-state index in [-0.39, 0.29) is 5.41 Å². The summed E-state index contributed by atoms with van der Waals surface area (Å²) in [5.74, 6) is 0.291. The molecular weight excluding hydrogens is 168 g/mol. The van der Waals surface area contributed by atoms with Crippen molar-refractivity contribution in [2.45, 2.75) is 19.8 Å². The molecule has 0 spiro atoms. The van der Waals surface area contributed by atoms with Crippen molar-refractivity contribution in [1.82, 2.24) is 0 Å². The Morgan fingerprint density at radius 2 is 2.15 bits per heavy atom. The zero-order valence-electron chi connectivity index (χ0n) is 8.41. The van der Waals surface area contributed by atoms with E-state index in [1.54, 1.807) is 7.11 Å². The first kappa shape index (κ1) is 10.7. The standard InChI is InChI=1S/C10H18O3/c1-9(7-12-2)10(8-11)3-5-13-6-4-10/h8-9H,3-7H2,1-2H3. The maximum absolute atomic E-state index is 11.1. The van der Waals surface area contributed by atoms with E-state index in [1.165, 1.54) is 0 Å². The summed E-state index contributed by atoms with van der Waals surface area (Å²) < 4.78 is 10.3. The predicted molar refractivity (Wildman–Crippen MR) is 49.6 cm³/mol. The van der Waals surface area contributed by atoms with Crippen LogP contribution < -0.4 is 0 Å². The third-order valence-corrected chi connectivity index (χ3v) is 3.06. The van der Waals surface area contributed by atoms with Crippen molar-refractivity contribution in [1.29, 1.82) is 0 Å². The van der Waals surface area contributed by atoms with E-state index in [4.69, 9.17) is 9.47 Å². The van der Waals surface area contributed by atoms with Crippen LogP contribution in [0.25, 0.3) is 0 Å². The maximum Gasteiger partial charge on any atom is 0.126 e. The summed E-state index contributed by atoms with van der Waals surface area (Å²) >= 11 is 0. The Morgan fingerprint density at radius 1 is 1.54 bits per heavy atom. The Labute approximate surface area is 79.4 Å². The first-order valence-corrected chi connectivity index (χ1v) is 4.78. The third kappa shape index (κ3) is 2.29. The lowest BCUT2D eigenvalue weighted by atomic mass is 9.72. The summed E-state index contributed by atoms with van der Waals surface area (Å²) in [6, 6.07) is 0. The zero-order chi connectivity index (χ0) is 9.73. The molecule has 0 aromatic carbocycles. The Hall–Kier alpha value is -0.410. The topological polar surface area (TPSA) is 35.5 Å². The van der Waals surface area contributed by atoms with Gasteiger partial charge in [-0.2, -0.15) is 0 Å². The number of carbonyl (C=O) groups excluding carboxylic acids is 1. The van der Waals surface area contributed by atoms with E-state index in [0.29, 0.717) is 25.7 Å². The summed E-state index contributed by atoms with van der Waals surface area (Å²) in [7, 11) is 1.67. The van der Waals surface area contributed by atoms with E-state index in [9.17, 15) is 4.79 Å². The molecule has 0 aromatic rings. The van der Waals surface area contributed by atoms with Gasteiger partial charge in [0.1, 0.15) is 6.29 Å². The second-order valence-corrected chi connectivity index (χ2v) is 3.82. The van der Waals surface area contributed by atoms with Gasteiger partial charge in [-0.15, -0.1) is 0 Å². The second-order valence-electron chi connectivity index (χ2n) is 3.82. The van der Waals surface area contributed by atoms with E-state index in [0.717, 1.165) is 19.1 Å². The quantitative estimate of drug-likeness (QED) is 0.620. The number of hydrogen-bond acceptors (Lipinski definition) is 3. The zero-order valence-corrected chi connectivity index (χ0v) is 8.41. The van der Waals surface area contributed by atoms with Crippen LogP contribution >= 0.6 is 0 Å². The van der Waals surface area contributed by atoms with E-state index in [1.807, 2.05) is 0 Å². The van der Waals surface area contributed by atoms with Crippen LogP contribution in [0.5, 0.6) is 0 Å². The van der Waals surface area contributed by atoms with Gasteiger partial charge in [-0.25, -0.2) is 0 Å². The fourth-order valence-electron chi connectivity index (χ4n) is 1.89. The van der Waals surface area contributed by atoms with Crippen LogP contribution in [0.1, 0.15) is 19.8 Å². The van der Waals surface area contributed by atoms with Gasteiger partial charge in [0.2, 0.25) is 0 Å². The molecule has 1 aliphatic rings. The van der Waals surface area contributed by atoms with Crippen LogP contribution in [0.2, 0.25) is 0 Å². The molecule has 0 bridgehead atoms. The molecule has 1 heterocycles. The Balaban J connectivity index is 2.60. The predicted octanol–water partition coefficient (Wildman–Crippen LogP) is 1.26. The Morgan fingerprint density at radius 3 is 2.62 bits per heavy atom. The van der Waals surface area contributed by atoms with Gasteiger partial charge in [-0.1, -0.05) is 6.92 Å². The minimum atomic E-state index is -0.200. The average molecular weight is 186 g/mol. The molecule has 0 N–H and O–H groups in total. The van der Waals surface area contributed by atoms with Crippen molar-refractivity contribution in [3.05, 3.63) is 0 Å². The molecular formula is C10H18O3. The summed E-state index contributed by atoms with van der Waals surface area (Å²) in [6.07, 6.45) is 2.77. The van der Waals surface area contributed by atoms with Crippen molar-refractivity contribution in [2.75, 3.05) is 26.9 Å². The Bertz CT molecular complexity index is 162. The van der Waals surface area contributed by atoms with Gasteiger partial charge in [-0.05, 0) is 18.8 Å². The van der Waals surface area contributed by atoms with Crippen molar-refractivity contribution in [3.63, 3.8) is 0 Å². The van der Waals surface area contributed by atoms with Gasteiger partial charge >= 0.3 is 0 Å². The van der Waals surface area contributed by atoms with Gasteiger partial charge in [0.15, 0.2) is 0 Å². The van der Waals surface area contributed by atoms with E-state index >= 15 is 0 Å². The van der Waals surface area contributed by atoms with Crippen molar-refractivity contribution < 1.29 is 14.3 Å². The molecule has 0 aromatic heterocycles. The fraction of sp³-hybridized carbons (Fsp3) is 0.900. The minimum Gasteiger partial charge on any atom is -0.384 e. The molecule has 1 saturated heterocycles. The highest BCUT2D eigenvalue weighted by Gasteiger charge is 2.37. The lowest BCUT2D eigenvalue weighted by molar-refractivity contribution is -0.127. The second kappa shape index (κ2) is 4.72. The molecule has 76 valence electrons. The van der Waals surface area contributed by atoms with Crippen molar-refractivity contribution in [3.8, 4) is 0 Å². The van der Waals surface area contributed by atoms with Crippen LogP contribution in [0, 0.1) is 11.3 Å². The molecule has 1 unspecified atom stereocenters. The molecule has 3 nitrogen and oxygen atoms in total. The molecule has 1 rings (SSSR count). The molecule has 0 amide bonds. The van der Waals surface area contributed by atoms with Crippen LogP contribution in [0.3, 0.4) is 0 Å². The monoisotopic (exact) mass is 186 g/mol. The average Bonchev–Trinajstić information content (AvgIpc) is 2.19. The third-order valence-electron chi connectivity index (χ3n) is 3.06. The Kier molecular flexibility index (Phi) is 3.88. The largest absolute Gasteiger partial charge is 0.384 e. The highest BCUT2D eigenvalue weighted by molar-refractivity contribution is 5.60. The lowest BCUT2D eigenvalue weighted by Gasteiger charge is -2.36. The summed E-state index contributed by atoms with van der Waals surface area (Å²) in [6.45, 7) is 4.13. The van der Waals surface area contributed by atoms with Gasteiger partial charge in [0.05, 0.1) is 0 Å². The van der Waals surface area contributed by atoms with Crippen LogP contribution in [-0.2, 0) is 14.3 Å². The first-order chi connectivity index (χ1) is 6.25. The first-order valence-electron chi connectivity index (χ1n) is 4.78. The summed E-state index contributed by atoms with van der Waals surface area (Å²) in [5.41, 5.74) is -0.200. The minimum absolute atomic E-state index is 0.200. The highest BCUT2D eigenvalue weighted by atomic mass is 16.5. The van der Waals surface area contributed by atoms with Gasteiger partial charge in [0, 0.05) is 32.3 Å². The van der Waals surface area contributed by atoms with Crippen LogP contribution in [-0.4, -0.2) is 33.2 Å². The number of hydrogen-bond donors (Lipinski definition) is 0. The number of aldehydes is 1. The highest BCUT2D eigenvalue weighted by Crippen LogP contribution is 2.36. The number of ether oxygens (including phenoxy) is 2. The van der Waals surface area contributed by atoms with Gasteiger partial charge < -0.3 is 14.3 Å². The molecule has 1 fully saturated rings. The van der Waals surface area contributed by atoms with Gasteiger partial charge in [0.25, 0.3) is 0 Å². The maximum atomic E-state index is 11.1. The van der Waals surface area contributed by atoms with Crippen LogP contribution in [0.4, 0.5) is 0 Å².